The van der Waals surface area contributed by atoms with Gasteiger partial charge in [-0.3, -0.25) is 9.97 Å². The number of hydrogen-bond acceptors (Lipinski definition) is 5. The van der Waals surface area contributed by atoms with Crippen molar-refractivity contribution in [1.29, 1.82) is 0 Å². The molecular weight excluding hydrogens is 927 g/mol. The maximum atomic E-state index is 6.05. The molecule has 0 aliphatic rings. The van der Waals surface area contributed by atoms with E-state index in [-0.39, 0.29) is 20.1 Å². The first-order valence-corrected chi connectivity index (χ1v) is 26.1. The first-order chi connectivity index (χ1) is 26.6. The Kier molecular flexibility index (Phi) is 11.5. The summed E-state index contributed by atoms with van der Waals surface area (Å²) < 4.78 is 9.68. The number of furan rings is 1. The molecule has 9 aromatic rings. The van der Waals surface area contributed by atoms with Gasteiger partial charge in [0, 0.05) is 42.6 Å². The van der Waals surface area contributed by atoms with Crippen molar-refractivity contribution >= 4 is 50.8 Å². The number of benzene rings is 4. The molecule has 0 bridgehead atoms. The molecule has 56 heavy (non-hydrogen) atoms. The Labute approximate surface area is 344 Å². The maximum Gasteiger partial charge on any atom is 0 e. The van der Waals surface area contributed by atoms with Gasteiger partial charge in [-0.25, -0.2) is 4.98 Å². The molecule has 9 rings (SSSR count). The minimum Gasteiger partial charge on any atom is 0 e. The summed E-state index contributed by atoms with van der Waals surface area (Å²) in [6.45, 7) is 6.24. The number of fused-ring (bicyclic) bond motifs is 4. The van der Waals surface area contributed by atoms with Gasteiger partial charge in [0.15, 0.2) is 0 Å². The minimum absolute atomic E-state index is 0. The normalized spacial score (nSPS) is 11.5. The van der Waals surface area contributed by atoms with E-state index in [0.29, 0.717) is 17.2 Å². The molecule has 5 heterocycles. The number of imidazole rings is 1. The number of pyridine rings is 3. The number of aromatic nitrogens is 5. The van der Waals surface area contributed by atoms with Crippen LogP contribution in [0.1, 0.15) is 42.3 Å². The van der Waals surface area contributed by atoms with Gasteiger partial charge in [0.05, 0.1) is 28.6 Å². The van der Waals surface area contributed by atoms with Gasteiger partial charge in [-0.15, -0.1) is 17.7 Å². The zero-order valence-electron chi connectivity index (χ0n) is 32.5. The molecule has 281 valence electrons. The van der Waals surface area contributed by atoms with Gasteiger partial charge in [-0.05, 0) is 37.1 Å². The van der Waals surface area contributed by atoms with Crippen LogP contribution in [0.4, 0.5) is 0 Å². The fraction of sp³-hybridized carbons (Fsp3) is 0.167. The molecule has 8 heteroatoms. The van der Waals surface area contributed by atoms with Crippen molar-refractivity contribution in [3.63, 3.8) is 0 Å². The monoisotopic (exact) mass is 972 g/mol. The molecule has 5 aromatic heterocycles. The Morgan fingerprint density at radius 1 is 0.750 bits per heavy atom. The summed E-state index contributed by atoms with van der Waals surface area (Å²) in [7, 11) is 0. The topological polar surface area (TPSA) is 69.6 Å². The van der Waals surface area contributed by atoms with E-state index in [9.17, 15) is 0 Å². The van der Waals surface area contributed by atoms with Crippen molar-refractivity contribution in [2.75, 3.05) is 0 Å². The molecule has 4 aromatic carbocycles. The Morgan fingerprint density at radius 2 is 1.48 bits per heavy atom. The van der Waals surface area contributed by atoms with Crippen LogP contribution in [0.3, 0.4) is 0 Å². The number of para-hydroxylation sites is 1. The molecule has 0 fully saturated rings. The average Bonchev–Trinajstić information content (AvgIpc) is 3.76. The van der Waals surface area contributed by atoms with Crippen molar-refractivity contribution in [1.82, 2.24) is 24.5 Å². The molecule has 0 N–H and O–H groups in total. The van der Waals surface area contributed by atoms with E-state index in [1.807, 2.05) is 55.6 Å². The summed E-state index contributed by atoms with van der Waals surface area (Å²) in [5.41, 5.74) is 11.9. The van der Waals surface area contributed by atoms with Crippen LogP contribution < -0.4 is 4.40 Å². The first-order valence-electron chi connectivity index (χ1n) is 18.8. The Hall–Kier alpha value is -5.21. The predicted molar refractivity (Wildman–Crippen MR) is 228 cm³/mol. The van der Waals surface area contributed by atoms with Gasteiger partial charge in [0.1, 0.15) is 0 Å². The van der Waals surface area contributed by atoms with E-state index in [0.717, 1.165) is 67.9 Å². The van der Waals surface area contributed by atoms with Crippen LogP contribution in [0.25, 0.3) is 61.4 Å². The molecule has 0 saturated heterocycles. The Bertz CT molecular complexity index is 2760. The Balaban J connectivity index is 0.000000178. The fourth-order valence-electron chi connectivity index (χ4n) is 6.97. The smallest absolute Gasteiger partial charge is 0 e. The van der Waals surface area contributed by atoms with Gasteiger partial charge >= 0.3 is 142 Å². The van der Waals surface area contributed by atoms with E-state index >= 15 is 0 Å². The van der Waals surface area contributed by atoms with Crippen LogP contribution >= 0.6 is 0 Å². The largest absolute Gasteiger partial charge is 0 e. The van der Waals surface area contributed by atoms with Crippen molar-refractivity contribution in [2.45, 2.75) is 50.4 Å². The summed E-state index contributed by atoms with van der Waals surface area (Å²) in [5, 5.41) is 2.00. The van der Waals surface area contributed by atoms with Crippen LogP contribution in [0.2, 0.25) is 17.3 Å². The third kappa shape index (κ3) is 8.17. The third-order valence-corrected chi connectivity index (χ3v) is 14.2. The molecule has 0 aliphatic heterocycles. The van der Waals surface area contributed by atoms with Gasteiger partial charge in [0.2, 0.25) is 5.71 Å². The molecule has 0 atom stereocenters. The number of nitrogens with zero attached hydrogens (tertiary/aromatic N) is 5. The Morgan fingerprint density at radius 3 is 2.20 bits per heavy atom. The second kappa shape index (κ2) is 16.5. The number of aryl methyl sites for hydroxylation is 1. The molecule has 0 spiro atoms. The molecule has 0 saturated carbocycles. The zero-order chi connectivity index (χ0) is 38.1. The van der Waals surface area contributed by atoms with Crippen LogP contribution in [0.15, 0.2) is 138 Å². The van der Waals surface area contributed by atoms with Crippen LogP contribution in [0.5, 0.6) is 0 Å². The third-order valence-electron chi connectivity index (χ3n) is 9.83. The van der Waals surface area contributed by atoms with Gasteiger partial charge in [-0.1, -0.05) is 49.6 Å². The van der Waals surface area contributed by atoms with Gasteiger partial charge in [0.25, 0.3) is 0 Å². The summed E-state index contributed by atoms with van der Waals surface area (Å²) in [4.78, 5) is 19.0. The SMILES string of the molecule is Cc1ccc2c(n1)oc1[c-]c(-c3nc4cc(C(C)C)ncc4n3-c3ccccc3)ccc12.[CH3][Ge]([CH3])([CH3])[c]1cnc(-c2[c-]cccc2)cc1Cc1ccccc1.[Ir]. The van der Waals surface area contributed by atoms with Crippen LogP contribution in [-0.4, -0.2) is 37.8 Å². The van der Waals surface area contributed by atoms with Crippen molar-refractivity contribution in [3.8, 4) is 28.3 Å². The summed E-state index contributed by atoms with van der Waals surface area (Å²) in [6.07, 6.45) is 5.01. The predicted octanol–water partition coefficient (Wildman–Crippen LogP) is 11.3. The molecular formula is C48H43GeIrN5O-2. The molecule has 1 radical (unpaired) electrons. The summed E-state index contributed by atoms with van der Waals surface area (Å²) in [5.74, 6) is 8.43. The maximum absolute atomic E-state index is 6.05. The molecule has 0 aliphatic carbocycles. The quantitative estimate of drug-likeness (QED) is 0.118. The number of rotatable bonds is 7. The van der Waals surface area contributed by atoms with Crippen LogP contribution in [0, 0.1) is 19.1 Å². The van der Waals surface area contributed by atoms with Crippen molar-refractivity contribution in [3.05, 3.63) is 168 Å². The van der Waals surface area contributed by atoms with Crippen LogP contribution in [-0.2, 0) is 26.5 Å². The first kappa shape index (κ1) is 39.0. The van der Waals surface area contributed by atoms with Gasteiger partial charge in [-0.2, -0.15) is 0 Å². The standard InChI is InChI=1S/C27H21N4O.C21H22GeN.Ir/c1-16(2)22-14-23-24(15-28-22)31(19-7-5-4-6-8-19)26(30-23)18-10-12-20-21-11-9-17(3)29-27(21)32-25(20)13-18;1-22(2,3)20-16-23-21(18-12-8-5-9-13-18)15-19(20)14-17-10-6-4-7-11-17;/h4-12,14-16H,1-3H3;4-12,15-16H,14H2,1-3H3;/q2*-1;. The average molecular weight is 971 g/mol. The van der Waals surface area contributed by atoms with E-state index in [1.54, 1.807) is 0 Å². The second-order valence-electron chi connectivity index (χ2n) is 15.3. The molecule has 0 amide bonds. The number of hydrogen-bond donors (Lipinski definition) is 0. The van der Waals surface area contributed by atoms with Crippen molar-refractivity contribution < 1.29 is 24.5 Å². The van der Waals surface area contributed by atoms with E-state index in [2.05, 4.69) is 143 Å². The fourth-order valence-corrected chi connectivity index (χ4v) is 10.3. The summed E-state index contributed by atoms with van der Waals surface area (Å²) in [6, 6.07) is 48.2. The molecule has 6 nitrogen and oxygen atoms in total. The van der Waals surface area contributed by atoms with E-state index < -0.39 is 13.3 Å². The summed E-state index contributed by atoms with van der Waals surface area (Å²) >= 11 is -1.96. The minimum atomic E-state index is -1.96. The van der Waals surface area contributed by atoms with Crippen molar-refractivity contribution in [2.24, 2.45) is 0 Å². The van der Waals surface area contributed by atoms with Gasteiger partial charge < -0.3 is 8.98 Å². The van der Waals surface area contributed by atoms with E-state index in [1.165, 1.54) is 15.5 Å². The molecule has 0 unspecified atom stereocenters. The second-order valence-corrected chi connectivity index (χ2v) is 25.9. The zero-order valence-corrected chi connectivity index (χ0v) is 37.0. The van der Waals surface area contributed by atoms with E-state index in [4.69, 9.17) is 14.4 Å².